The Morgan fingerprint density at radius 1 is 1.46 bits per heavy atom. The lowest BCUT2D eigenvalue weighted by Crippen LogP contribution is -2.31. The highest BCUT2D eigenvalue weighted by Crippen LogP contribution is 2.13. The monoisotopic (exact) mass is 197 g/mol. The molecule has 2 heterocycles. The van der Waals surface area contributed by atoms with Crippen molar-refractivity contribution in [2.45, 2.75) is 6.92 Å². The van der Waals surface area contributed by atoms with Gasteiger partial charge in [0.2, 0.25) is 0 Å². The number of nitrogens with one attached hydrogen (secondary N) is 1. The molecule has 2 aromatic rings. The first-order valence-electron chi connectivity index (χ1n) is 3.66. The topological polar surface area (TPSA) is 67.8 Å². The molecule has 1 N–H and O–H groups in total. The molecule has 0 spiro atoms. The Morgan fingerprint density at radius 3 is 2.85 bits per heavy atom. The minimum atomic E-state index is -0.428. The fourth-order valence-corrected chi connectivity index (χ4v) is 1.94. The molecule has 68 valence electrons. The van der Waals surface area contributed by atoms with Crippen LogP contribution in [0.3, 0.4) is 0 Å². The lowest BCUT2D eigenvalue weighted by Gasteiger charge is -1.92. The van der Waals surface area contributed by atoms with Crippen LogP contribution in [-0.4, -0.2) is 14.5 Å². The first-order valence-corrected chi connectivity index (χ1v) is 4.47. The number of aromatic nitrogens is 3. The predicted octanol–water partition coefficient (Wildman–Crippen LogP) is -0.00828. The van der Waals surface area contributed by atoms with Crippen molar-refractivity contribution in [3.05, 3.63) is 25.8 Å². The van der Waals surface area contributed by atoms with Crippen molar-refractivity contribution in [2.24, 2.45) is 7.05 Å². The molecule has 0 aliphatic carbocycles. The van der Waals surface area contributed by atoms with Crippen LogP contribution in [0, 0.1) is 6.92 Å². The van der Waals surface area contributed by atoms with Crippen molar-refractivity contribution in [1.82, 2.24) is 14.5 Å². The molecular formula is C7H7N3O2S. The predicted molar refractivity (Wildman–Crippen MR) is 50.2 cm³/mol. The highest BCUT2D eigenvalue weighted by molar-refractivity contribution is 7.18. The molecule has 5 nitrogen and oxygen atoms in total. The zero-order chi connectivity index (χ0) is 9.59. The molecule has 0 bridgehead atoms. The van der Waals surface area contributed by atoms with E-state index in [0.717, 1.165) is 9.57 Å². The van der Waals surface area contributed by atoms with E-state index in [1.165, 1.54) is 18.4 Å². The summed E-state index contributed by atoms with van der Waals surface area (Å²) in [6.07, 6.45) is 0. The summed E-state index contributed by atoms with van der Waals surface area (Å²) in [7, 11) is 1.44. The smallest absolute Gasteiger partial charge is 0.290 e. The zero-order valence-corrected chi connectivity index (χ0v) is 7.94. The molecule has 0 aromatic carbocycles. The average Bonchev–Trinajstić information content (AvgIpc) is 2.42. The van der Waals surface area contributed by atoms with Crippen LogP contribution in [-0.2, 0) is 7.05 Å². The van der Waals surface area contributed by atoms with Crippen LogP contribution in [0.15, 0.2) is 9.59 Å². The molecule has 0 saturated carbocycles. The fourth-order valence-electron chi connectivity index (χ4n) is 1.09. The van der Waals surface area contributed by atoms with Gasteiger partial charge in [-0.25, -0.2) is 9.78 Å². The lowest BCUT2D eigenvalue weighted by atomic mass is 10.6. The molecule has 0 radical (unpaired) electrons. The summed E-state index contributed by atoms with van der Waals surface area (Å²) in [5, 5.41) is 0.772. The van der Waals surface area contributed by atoms with Gasteiger partial charge in [-0.1, -0.05) is 0 Å². The fraction of sp³-hybridized carbons (Fsp3) is 0.286. The van der Waals surface area contributed by atoms with Crippen molar-refractivity contribution in [3.63, 3.8) is 0 Å². The third kappa shape index (κ3) is 1.10. The minimum absolute atomic E-state index is 0.288. The van der Waals surface area contributed by atoms with Crippen LogP contribution in [0.4, 0.5) is 0 Å². The molecule has 2 aromatic heterocycles. The van der Waals surface area contributed by atoms with Crippen LogP contribution < -0.4 is 11.2 Å². The molecule has 0 saturated heterocycles. The Balaban J connectivity index is 3.10. The van der Waals surface area contributed by atoms with Crippen LogP contribution in [0.2, 0.25) is 0 Å². The van der Waals surface area contributed by atoms with Gasteiger partial charge in [-0.2, -0.15) is 0 Å². The van der Waals surface area contributed by atoms with Crippen LogP contribution in [0.5, 0.6) is 0 Å². The second-order valence-corrected chi connectivity index (χ2v) is 3.91. The second kappa shape index (κ2) is 2.53. The van der Waals surface area contributed by atoms with Gasteiger partial charge in [0, 0.05) is 7.05 Å². The number of aryl methyl sites for hydroxylation is 1. The molecule has 2 rings (SSSR count). The van der Waals surface area contributed by atoms with Crippen molar-refractivity contribution in [2.75, 3.05) is 0 Å². The van der Waals surface area contributed by atoms with E-state index < -0.39 is 5.69 Å². The van der Waals surface area contributed by atoms with Crippen molar-refractivity contribution < 1.29 is 0 Å². The van der Waals surface area contributed by atoms with Crippen LogP contribution in [0.25, 0.3) is 10.3 Å². The molecule has 0 aliphatic heterocycles. The first-order chi connectivity index (χ1) is 6.09. The van der Waals surface area contributed by atoms with Gasteiger partial charge in [0.25, 0.3) is 5.56 Å². The van der Waals surface area contributed by atoms with E-state index in [4.69, 9.17) is 0 Å². The number of H-pyrrole nitrogens is 1. The average molecular weight is 197 g/mol. The molecule has 0 aliphatic rings. The van der Waals surface area contributed by atoms with Crippen molar-refractivity contribution in [1.29, 1.82) is 0 Å². The molecular weight excluding hydrogens is 190 g/mol. The Kier molecular flexibility index (Phi) is 1.59. The highest BCUT2D eigenvalue weighted by atomic mass is 32.1. The number of thiazole rings is 1. The van der Waals surface area contributed by atoms with E-state index >= 15 is 0 Å². The molecule has 13 heavy (non-hydrogen) atoms. The summed E-state index contributed by atoms with van der Waals surface area (Å²) in [6, 6.07) is 0. The van der Waals surface area contributed by atoms with Gasteiger partial charge in [-0.3, -0.25) is 14.3 Å². The third-order valence-corrected chi connectivity index (χ3v) is 2.72. The SMILES string of the molecule is Cc1nc2[nH]c(=O)n(C)c(=O)c2s1. The van der Waals surface area contributed by atoms with E-state index in [9.17, 15) is 9.59 Å². The molecule has 0 amide bonds. The van der Waals surface area contributed by atoms with Gasteiger partial charge in [0.15, 0.2) is 5.65 Å². The molecule has 6 heteroatoms. The first kappa shape index (κ1) is 8.18. The standard InChI is InChI=1S/C7H7N3O2S/c1-3-8-5-4(13-3)6(11)10(2)7(12)9-5/h1-2H3,(H,9,12). The van der Waals surface area contributed by atoms with Gasteiger partial charge in [-0.05, 0) is 6.92 Å². The summed E-state index contributed by atoms with van der Waals surface area (Å²) in [4.78, 5) is 29.2. The number of rotatable bonds is 0. The number of nitrogens with zero attached hydrogens (tertiary/aromatic N) is 2. The largest absolute Gasteiger partial charge is 0.329 e. The minimum Gasteiger partial charge on any atom is -0.290 e. The molecule has 0 atom stereocenters. The van der Waals surface area contributed by atoms with E-state index in [-0.39, 0.29) is 5.56 Å². The Labute approximate surface area is 76.7 Å². The Morgan fingerprint density at radius 2 is 2.15 bits per heavy atom. The third-order valence-electron chi connectivity index (χ3n) is 1.76. The van der Waals surface area contributed by atoms with E-state index in [2.05, 4.69) is 9.97 Å². The highest BCUT2D eigenvalue weighted by Gasteiger charge is 2.07. The quantitative estimate of drug-likeness (QED) is 0.646. The van der Waals surface area contributed by atoms with E-state index in [1.54, 1.807) is 6.92 Å². The van der Waals surface area contributed by atoms with Gasteiger partial charge < -0.3 is 0 Å². The summed E-state index contributed by atoms with van der Waals surface area (Å²) >= 11 is 1.29. The van der Waals surface area contributed by atoms with Crippen molar-refractivity contribution >= 4 is 21.7 Å². The maximum absolute atomic E-state index is 11.5. The van der Waals surface area contributed by atoms with Crippen LogP contribution in [0.1, 0.15) is 5.01 Å². The van der Waals surface area contributed by atoms with Gasteiger partial charge >= 0.3 is 5.69 Å². The summed E-state index contributed by atoms with van der Waals surface area (Å²) in [5.41, 5.74) is -0.331. The van der Waals surface area contributed by atoms with Crippen LogP contribution >= 0.6 is 11.3 Å². The number of fused-ring (bicyclic) bond motifs is 1. The lowest BCUT2D eigenvalue weighted by molar-refractivity contribution is 0.793. The normalized spacial score (nSPS) is 10.9. The Hall–Kier alpha value is -1.43. The zero-order valence-electron chi connectivity index (χ0n) is 7.12. The maximum atomic E-state index is 11.5. The Bertz CT molecular complexity index is 577. The number of hydrogen-bond donors (Lipinski definition) is 1. The maximum Gasteiger partial charge on any atom is 0.329 e. The number of aromatic amines is 1. The van der Waals surface area contributed by atoms with E-state index in [1.807, 2.05) is 0 Å². The van der Waals surface area contributed by atoms with E-state index in [0.29, 0.717) is 10.3 Å². The van der Waals surface area contributed by atoms with Crippen molar-refractivity contribution in [3.8, 4) is 0 Å². The summed E-state index contributed by atoms with van der Waals surface area (Å²) in [5.74, 6) is 0. The molecule has 0 unspecified atom stereocenters. The molecule has 0 fully saturated rings. The summed E-state index contributed by atoms with van der Waals surface area (Å²) in [6.45, 7) is 1.79. The number of hydrogen-bond acceptors (Lipinski definition) is 4. The second-order valence-electron chi connectivity index (χ2n) is 2.70. The van der Waals surface area contributed by atoms with Gasteiger partial charge in [0.05, 0.1) is 5.01 Å². The van der Waals surface area contributed by atoms with Gasteiger partial charge in [-0.15, -0.1) is 11.3 Å². The summed E-state index contributed by atoms with van der Waals surface area (Å²) < 4.78 is 1.54. The van der Waals surface area contributed by atoms with Gasteiger partial charge in [0.1, 0.15) is 4.70 Å².